The Balaban J connectivity index is 0.00000161. The van der Waals surface area contributed by atoms with Gasteiger partial charge in [0.05, 0.1) is 0 Å². The molecule has 1 saturated heterocycles. The summed E-state index contributed by atoms with van der Waals surface area (Å²) in [6.45, 7) is 0.277. The van der Waals surface area contributed by atoms with Crippen LogP contribution in [0.2, 0.25) is 0 Å². The lowest BCUT2D eigenvalue weighted by atomic mass is 10.0. The van der Waals surface area contributed by atoms with Crippen LogP contribution in [-0.2, 0) is 16.1 Å². The SMILES string of the molecule is Cl.Nc1cccc2c1CN(C1CCC(=O)N(N)C1=O)C2=O. The minimum Gasteiger partial charge on any atom is -0.398 e. The molecular formula is C13H15ClN4O3. The molecule has 0 spiro atoms. The highest BCUT2D eigenvalue weighted by Crippen LogP contribution is 2.31. The lowest BCUT2D eigenvalue weighted by molar-refractivity contribution is -0.152. The Morgan fingerprint density at radius 2 is 1.90 bits per heavy atom. The summed E-state index contributed by atoms with van der Waals surface area (Å²) in [6, 6.07) is 4.41. The number of carbonyl (C=O) groups excluding carboxylic acids is 3. The summed E-state index contributed by atoms with van der Waals surface area (Å²) in [5.74, 6) is 4.23. The first kappa shape index (κ1) is 15.3. The molecule has 8 heteroatoms. The zero-order chi connectivity index (χ0) is 14.4. The molecule has 0 radical (unpaired) electrons. The summed E-state index contributed by atoms with van der Waals surface area (Å²) in [4.78, 5) is 37.2. The Morgan fingerprint density at radius 3 is 2.57 bits per heavy atom. The lowest BCUT2D eigenvalue weighted by Crippen LogP contribution is -2.57. The minimum atomic E-state index is -0.697. The van der Waals surface area contributed by atoms with Crippen LogP contribution in [0.1, 0.15) is 28.8 Å². The van der Waals surface area contributed by atoms with Crippen LogP contribution in [-0.4, -0.2) is 33.7 Å². The van der Waals surface area contributed by atoms with E-state index in [-0.39, 0.29) is 31.3 Å². The second-order valence-electron chi connectivity index (χ2n) is 4.96. The number of amides is 3. The highest BCUT2D eigenvalue weighted by Gasteiger charge is 2.42. The molecule has 0 saturated carbocycles. The monoisotopic (exact) mass is 310 g/mol. The first-order valence-corrected chi connectivity index (χ1v) is 6.30. The zero-order valence-corrected chi connectivity index (χ0v) is 11.9. The zero-order valence-electron chi connectivity index (χ0n) is 11.1. The maximum atomic E-state index is 12.4. The average Bonchev–Trinajstić information content (AvgIpc) is 2.76. The predicted octanol–water partition coefficient (Wildman–Crippen LogP) is 0.0377. The van der Waals surface area contributed by atoms with E-state index in [1.165, 1.54) is 4.90 Å². The van der Waals surface area contributed by atoms with Crippen molar-refractivity contribution in [2.45, 2.75) is 25.4 Å². The normalized spacial score (nSPS) is 21.4. The minimum absolute atomic E-state index is 0. The highest BCUT2D eigenvalue weighted by molar-refractivity contribution is 6.05. The van der Waals surface area contributed by atoms with E-state index < -0.39 is 17.9 Å². The van der Waals surface area contributed by atoms with Crippen LogP contribution in [0.5, 0.6) is 0 Å². The Hall–Kier alpha value is -2.12. The van der Waals surface area contributed by atoms with Crippen LogP contribution in [0.4, 0.5) is 5.69 Å². The summed E-state index contributed by atoms with van der Waals surface area (Å²) in [5.41, 5.74) is 7.63. The number of nitrogen functional groups attached to an aromatic ring is 1. The van der Waals surface area contributed by atoms with Crippen LogP contribution >= 0.6 is 12.4 Å². The van der Waals surface area contributed by atoms with Gasteiger partial charge in [0.1, 0.15) is 6.04 Å². The van der Waals surface area contributed by atoms with Gasteiger partial charge in [-0.25, -0.2) is 10.9 Å². The van der Waals surface area contributed by atoms with Gasteiger partial charge in [0, 0.05) is 29.8 Å². The van der Waals surface area contributed by atoms with Crippen molar-refractivity contribution in [1.29, 1.82) is 0 Å². The number of nitrogens with zero attached hydrogens (tertiary/aromatic N) is 2. The average molecular weight is 311 g/mol. The van der Waals surface area contributed by atoms with Gasteiger partial charge in [0.25, 0.3) is 11.8 Å². The van der Waals surface area contributed by atoms with Crippen molar-refractivity contribution in [1.82, 2.24) is 9.91 Å². The van der Waals surface area contributed by atoms with E-state index in [1.54, 1.807) is 18.2 Å². The van der Waals surface area contributed by atoms with E-state index >= 15 is 0 Å². The fourth-order valence-electron chi connectivity index (χ4n) is 2.71. The lowest BCUT2D eigenvalue weighted by Gasteiger charge is -2.33. The van der Waals surface area contributed by atoms with Crippen molar-refractivity contribution in [2.75, 3.05) is 5.73 Å². The summed E-state index contributed by atoms with van der Waals surface area (Å²) < 4.78 is 0. The van der Waals surface area contributed by atoms with Gasteiger partial charge >= 0.3 is 0 Å². The Morgan fingerprint density at radius 1 is 1.19 bits per heavy atom. The second-order valence-corrected chi connectivity index (χ2v) is 4.96. The molecule has 112 valence electrons. The van der Waals surface area contributed by atoms with Crippen LogP contribution in [0.15, 0.2) is 18.2 Å². The van der Waals surface area contributed by atoms with Crippen LogP contribution in [0.25, 0.3) is 0 Å². The molecule has 0 aromatic heterocycles. The number of anilines is 1. The van der Waals surface area contributed by atoms with Crippen molar-refractivity contribution in [3.05, 3.63) is 29.3 Å². The molecule has 1 aromatic carbocycles. The van der Waals surface area contributed by atoms with Crippen molar-refractivity contribution < 1.29 is 14.4 Å². The van der Waals surface area contributed by atoms with E-state index in [0.717, 1.165) is 5.56 Å². The topological polar surface area (TPSA) is 110 Å². The molecule has 7 nitrogen and oxygen atoms in total. The van der Waals surface area contributed by atoms with E-state index in [4.69, 9.17) is 11.6 Å². The molecular weight excluding hydrogens is 296 g/mol. The molecule has 1 aromatic rings. The standard InChI is InChI=1S/C13H14N4O3.ClH/c14-9-3-1-2-7-8(9)6-16(12(7)19)10-4-5-11(18)17(15)13(10)20;/h1-3,10H,4-6,14-15H2;1H. The molecule has 3 rings (SSSR count). The van der Waals surface area contributed by atoms with Crippen molar-refractivity contribution in [3.63, 3.8) is 0 Å². The first-order chi connectivity index (χ1) is 9.50. The Labute approximate surface area is 127 Å². The maximum absolute atomic E-state index is 12.4. The summed E-state index contributed by atoms with van der Waals surface area (Å²) in [6.07, 6.45) is 0.452. The molecule has 0 bridgehead atoms. The number of hydrogen-bond acceptors (Lipinski definition) is 5. The third-order valence-corrected chi connectivity index (χ3v) is 3.83. The molecule has 1 fully saturated rings. The van der Waals surface area contributed by atoms with Gasteiger partial charge < -0.3 is 10.6 Å². The van der Waals surface area contributed by atoms with E-state index in [1.807, 2.05) is 0 Å². The number of carbonyl (C=O) groups is 3. The number of rotatable bonds is 1. The van der Waals surface area contributed by atoms with Gasteiger partial charge in [0.15, 0.2) is 0 Å². The number of benzene rings is 1. The van der Waals surface area contributed by atoms with E-state index in [2.05, 4.69) is 0 Å². The highest BCUT2D eigenvalue weighted by atomic mass is 35.5. The Kier molecular flexibility index (Phi) is 3.89. The Bertz CT molecular complexity index is 634. The van der Waals surface area contributed by atoms with Crippen molar-refractivity contribution >= 4 is 35.8 Å². The van der Waals surface area contributed by atoms with Crippen molar-refractivity contribution in [3.8, 4) is 0 Å². The van der Waals surface area contributed by atoms with Gasteiger partial charge in [0.2, 0.25) is 5.91 Å². The number of hydrazine groups is 1. The van der Waals surface area contributed by atoms with Crippen LogP contribution in [0.3, 0.4) is 0 Å². The molecule has 4 N–H and O–H groups in total. The van der Waals surface area contributed by atoms with Crippen LogP contribution in [0, 0.1) is 0 Å². The van der Waals surface area contributed by atoms with Gasteiger partial charge in [-0.1, -0.05) is 6.07 Å². The molecule has 0 aliphatic carbocycles. The van der Waals surface area contributed by atoms with Gasteiger partial charge in [-0.05, 0) is 18.6 Å². The number of hydrogen-bond donors (Lipinski definition) is 2. The fraction of sp³-hybridized carbons (Fsp3) is 0.308. The largest absolute Gasteiger partial charge is 0.398 e. The number of imide groups is 1. The predicted molar refractivity (Wildman–Crippen MR) is 77.0 cm³/mol. The molecule has 2 aliphatic heterocycles. The molecule has 2 heterocycles. The van der Waals surface area contributed by atoms with Gasteiger partial charge in [-0.15, -0.1) is 12.4 Å². The summed E-state index contributed by atoms with van der Waals surface area (Å²) >= 11 is 0. The second kappa shape index (κ2) is 5.34. The third-order valence-electron chi connectivity index (χ3n) is 3.83. The molecule has 21 heavy (non-hydrogen) atoms. The number of fused-ring (bicyclic) bond motifs is 1. The smallest absolute Gasteiger partial charge is 0.266 e. The van der Waals surface area contributed by atoms with Crippen molar-refractivity contribution in [2.24, 2.45) is 5.84 Å². The molecule has 3 amide bonds. The fourth-order valence-corrected chi connectivity index (χ4v) is 2.71. The first-order valence-electron chi connectivity index (χ1n) is 6.30. The number of nitrogens with two attached hydrogens (primary N) is 2. The van der Waals surface area contributed by atoms with Crippen LogP contribution < -0.4 is 11.6 Å². The number of halogens is 1. The maximum Gasteiger partial charge on any atom is 0.266 e. The van der Waals surface area contributed by atoms with E-state index in [9.17, 15) is 14.4 Å². The molecule has 2 aliphatic rings. The van der Waals surface area contributed by atoms with Gasteiger partial charge in [-0.2, -0.15) is 0 Å². The molecule has 1 atom stereocenters. The quantitative estimate of drug-likeness (QED) is 0.329. The van der Waals surface area contributed by atoms with E-state index in [0.29, 0.717) is 22.7 Å². The van der Waals surface area contributed by atoms with Gasteiger partial charge in [-0.3, -0.25) is 14.4 Å². The third kappa shape index (κ3) is 2.24. The number of piperidine rings is 1. The summed E-state index contributed by atoms with van der Waals surface area (Å²) in [5, 5.41) is 0.605. The summed E-state index contributed by atoms with van der Waals surface area (Å²) in [7, 11) is 0. The molecule has 1 unspecified atom stereocenters.